The average Bonchev–Trinajstić information content (AvgIpc) is 3.05. The first-order valence-corrected chi connectivity index (χ1v) is 7.94. The van der Waals surface area contributed by atoms with E-state index in [-0.39, 0.29) is 16.5 Å². The molecule has 0 radical (unpaired) electrons. The van der Waals surface area contributed by atoms with Crippen molar-refractivity contribution in [2.24, 2.45) is 0 Å². The lowest BCUT2D eigenvalue weighted by Crippen LogP contribution is -2.38. The number of hydrogen-bond acceptors (Lipinski definition) is 5. The van der Waals surface area contributed by atoms with Gasteiger partial charge >= 0.3 is 0 Å². The fraction of sp³-hybridized carbons (Fsp3) is 0.188. The van der Waals surface area contributed by atoms with Crippen molar-refractivity contribution in [3.8, 4) is 11.5 Å². The topological polar surface area (TPSA) is 76.8 Å². The van der Waals surface area contributed by atoms with Gasteiger partial charge in [-0.15, -0.1) is 10.2 Å². The number of fused-ring (bicyclic) bond motifs is 1. The molecule has 3 heterocycles. The van der Waals surface area contributed by atoms with E-state index in [1.807, 2.05) is 4.57 Å². The first kappa shape index (κ1) is 15.6. The SMILES string of the molecule is O=C(c1ccc(F)cc1Cl)N1CCn2c(nnc2-c2ccncn2)C1. The van der Waals surface area contributed by atoms with Crippen molar-refractivity contribution in [3.05, 3.63) is 59.0 Å². The van der Waals surface area contributed by atoms with E-state index in [1.165, 1.54) is 18.5 Å². The molecule has 1 aromatic carbocycles. The van der Waals surface area contributed by atoms with Crippen LogP contribution in [0.1, 0.15) is 16.2 Å². The Hall–Kier alpha value is -2.87. The molecule has 0 atom stereocenters. The molecule has 2 aromatic heterocycles. The standard InChI is InChI=1S/C16H12ClFN6O/c17-12-7-10(18)1-2-11(12)16(25)23-5-6-24-14(8-23)21-22-15(24)13-3-4-19-9-20-13/h1-4,7,9H,5-6,8H2. The van der Waals surface area contributed by atoms with Crippen molar-refractivity contribution in [1.82, 2.24) is 29.6 Å². The van der Waals surface area contributed by atoms with Gasteiger partial charge in [0.25, 0.3) is 5.91 Å². The van der Waals surface area contributed by atoms with Crippen LogP contribution in [0, 0.1) is 5.82 Å². The highest BCUT2D eigenvalue weighted by atomic mass is 35.5. The first-order valence-electron chi connectivity index (χ1n) is 7.56. The number of rotatable bonds is 2. The summed E-state index contributed by atoms with van der Waals surface area (Å²) in [5.41, 5.74) is 0.946. The van der Waals surface area contributed by atoms with E-state index >= 15 is 0 Å². The predicted octanol–water partition coefficient (Wildman–Crippen LogP) is 2.18. The summed E-state index contributed by atoms with van der Waals surface area (Å²) < 4.78 is 15.1. The quantitative estimate of drug-likeness (QED) is 0.701. The Balaban J connectivity index is 1.60. The Morgan fingerprint density at radius 3 is 2.84 bits per heavy atom. The molecular weight excluding hydrogens is 347 g/mol. The maximum Gasteiger partial charge on any atom is 0.255 e. The molecule has 1 amide bonds. The second kappa shape index (κ2) is 6.21. The third kappa shape index (κ3) is 2.85. The Kier molecular flexibility index (Phi) is 3.89. The second-order valence-electron chi connectivity index (χ2n) is 5.54. The molecule has 0 fully saturated rings. The largest absolute Gasteiger partial charge is 0.329 e. The zero-order valence-electron chi connectivity index (χ0n) is 12.9. The van der Waals surface area contributed by atoms with Crippen molar-refractivity contribution in [3.63, 3.8) is 0 Å². The zero-order chi connectivity index (χ0) is 17.4. The van der Waals surface area contributed by atoms with E-state index in [9.17, 15) is 9.18 Å². The normalized spacial score (nSPS) is 13.6. The minimum absolute atomic E-state index is 0.0960. The number of halogens is 2. The van der Waals surface area contributed by atoms with Crippen LogP contribution in [0.4, 0.5) is 4.39 Å². The minimum Gasteiger partial charge on any atom is -0.329 e. The van der Waals surface area contributed by atoms with Crippen molar-refractivity contribution in [1.29, 1.82) is 0 Å². The van der Waals surface area contributed by atoms with Crippen LogP contribution in [-0.4, -0.2) is 42.1 Å². The van der Waals surface area contributed by atoms with Crippen LogP contribution in [0.2, 0.25) is 5.02 Å². The molecular formula is C16H12ClFN6O. The summed E-state index contributed by atoms with van der Waals surface area (Å²) in [6.45, 7) is 1.30. The molecule has 0 unspecified atom stereocenters. The Morgan fingerprint density at radius 1 is 1.20 bits per heavy atom. The molecule has 0 saturated carbocycles. The minimum atomic E-state index is -0.477. The zero-order valence-corrected chi connectivity index (χ0v) is 13.7. The number of hydrogen-bond donors (Lipinski definition) is 0. The number of amides is 1. The molecule has 1 aliphatic heterocycles. The van der Waals surface area contributed by atoms with Crippen molar-refractivity contribution in [2.45, 2.75) is 13.1 Å². The van der Waals surface area contributed by atoms with E-state index in [0.717, 1.165) is 6.07 Å². The summed E-state index contributed by atoms with van der Waals surface area (Å²) in [6.07, 6.45) is 3.09. The molecule has 126 valence electrons. The molecule has 0 N–H and O–H groups in total. The van der Waals surface area contributed by atoms with E-state index in [4.69, 9.17) is 11.6 Å². The van der Waals surface area contributed by atoms with Gasteiger partial charge in [0.15, 0.2) is 11.6 Å². The Labute approximate surface area is 147 Å². The maximum atomic E-state index is 13.2. The van der Waals surface area contributed by atoms with Gasteiger partial charge in [-0.2, -0.15) is 0 Å². The number of aromatic nitrogens is 5. The van der Waals surface area contributed by atoms with Crippen LogP contribution in [0.15, 0.2) is 36.8 Å². The van der Waals surface area contributed by atoms with Crippen molar-refractivity contribution >= 4 is 17.5 Å². The molecule has 0 bridgehead atoms. The van der Waals surface area contributed by atoms with E-state index in [1.54, 1.807) is 17.2 Å². The number of carbonyl (C=O) groups excluding carboxylic acids is 1. The summed E-state index contributed by atoms with van der Waals surface area (Å²) in [5, 5.41) is 8.43. The van der Waals surface area contributed by atoms with Crippen LogP contribution in [-0.2, 0) is 13.1 Å². The second-order valence-corrected chi connectivity index (χ2v) is 5.94. The summed E-state index contributed by atoms with van der Waals surface area (Å²) in [7, 11) is 0. The highest BCUT2D eigenvalue weighted by molar-refractivity contribution is 6.33. The summed E-state index contributed by atoms with van der Waals surface area (Å²) in [6, 6.07) is 5.51. The lowest BCUT2D eigenvalue weighted by Gasteiger charge is -2.28. The molecule has 1 aliphatic rings. The van der Waals surface area contributed by atoms with Crippen LogP contribution in [0.3, 0.4) is 0 Å². The van der Waals surface area contributed by atoms with Gasteiger partial charge in [-0.05, 0) is 24.3 Å². The van der Waals surface area contributed by atoms with E-state index < -0.39 is 5.82 Å². The lowest BCUT2D eigenvalue weighted by atomic mass is 10.1. The molecule has 0 spiro atoms. The fourth-order valence-corrected chi connectivity index (χ4v) is 3.02. The fourth-order valence-electron chi connectivity index (χ4n) is 2.78. The molecule has 4 rings (SSSR count). The van der Waals surface area contributed by atoms with Crippen molar-refractivity contribution < 1.29 is 9.18 Å². The first-order chi connectivity index (χ1) is 12.1. The van der Waals surface area contributed by atoms with Gasteiger partial charge in [-0.3, -0.25) is 4.79 Å². The van der Waals surface area contributed by atoms with Crippen LogP contribution >= 0.6 is 11.6 Å². The van der Waals surface area contributed by atoms with Crippen LogP contribution in [0.5, 0.6) is 0 Å². The van der Waals surface area contributed by atoms with Gasteiger partial charge in [0.05, 0.1) is 17.1 Å². The number of carbonyl (C=O) groups is 1. The van der Waals surface area contributed by atoms with E-state index in [0.29, 0.717) is 37.0 Å². The molecule has 7 nitrogen and oxygen atoms in total. The average molecular weight is 359 g/mol. The monoisotopic (exact) mass is 358 g/mol. The predicted molar refractivity (Wildman–Crippen MR) is 87.2 cm³/mol. The molecule has 0 aliphatic carbocycles. The Morgan fingerprint density at radius 2 is 2.08 bits per heavy atom. The molecule has 9 heteroatoms. The highest BCUT2D eigenvalue weighted by Gasteiger charge is 2.27. The Bertz CT molecular complexity index is 945. The van der Waals surface area contributed by atoms with Gasteiger partial charge in [0, 0.05) is 19.3 Å². The lowest BCUT2D eigenvalue weighted by molar-refractivity contribution is 0.0708. The number of benzene rings is 1. The third-order valence-corrected chi connectivity index (χ3v) is 4.33. The van der Waals surface area contributed by atoms with Gasteiger partial charge in [-0.25, -0.2) is 14.4 Å². The van der Waals surface area contributed by atoms with Crippen LogP contribution < -0.4 is 0 Å². The molecule has 0 saturated heterocycles. The van der Waals surface area contributed by atoms with E-state index in [2.05, 4.69) is 20.2 Å². The smallest absolute Gasteiger partial charge is 0.255 e. The number of nitrogens with zero attached hydrogens (tertiary/aromatic N) is 6. The summed E-state index contributed by atoms with van der Waals surface area (Å²) >= 11 is 5.99. The van der Waals surface area contributed by atoms with Crippen LogP contribution in [0.25, 0.3) is 11.5 Å². The van der Waals surface area contributed by atoms with Crippen molar-refractivity contribution in [2.75, 3.05) is 6.54 Å². The van der Waals surface area contributed by atoms with Gasteiger partial charge < -0.3 is 9.47 Å². The van der Waals surface area contributed by atoms with Gasteiger partial charge in [0.2, 0.25) is 0 Å². The van der Waals surface area contributed by atoms with Gasteiger partial charge in [0.1, 0.15) is 17.8 Å². The molecule has 3 aromatic rings. The summed E-state index contributed by atoms with van der Waals surface area (Å²) in [5.74, 6) is 0.563. The molecule has 25 heavy (non-hydrogen) atoms. The summed E-state index contributed by atoms with van der Waals surface area (Å²) in [4.78, 5) is 22.4. The van der Waals surface area contributed by atoms with Gasteiger partial charge in [-0.1, -0.05) is 11.6 Å². The third-order valence-electron chi connectivity index (χ3n) is 4.01. The maximum absolute atomic E-state index is 13.2. The highest BCUT2D eigenvalue weighted by Crippen LogP contribution is 2.23.